The molecule has 17 heavy (non-hydrogen) atoms. The molecule has 1 aromatic carbocycles. The lowest BCUT2D eigenvalue weighted by Gasteiger charge is -2.10. The van der Waals surface area contributed by atoms with E-state index >= 15 is 0 Å². The SMILES string of the molecule is CC1(CNCc2ccc(Cl)cc2[N+](=O)[O-])CC1. The first-order valence-electron chi connectivity index (χ1n) is 5.64. The van der Waals surface area contributed by atoms with Gasteiger partial charge in [0.2, 0.25) is 0 Å². The number of benzene rings is 1. The van der Waals surface area contributed by atoms with E-state index in [0.717, 1.165) is 6.54 Å². The average molecular weight is 255 g/mol. The fraction of sp³-hybridized carbons (Fsp3) is 0.500. The fourth-order valence-electron chi connectivity index (χ4n) is 1.75. The summed E-state index contributed by atoms with van der Waals surface area (Å²) in [7, 11) is 0. The first kappa shape index (κ1) is 12.3. The van der Waals surface area contributed by atoms with Gasteiger partial charge in [-0.25, -0.2) is 0 Å². The van der Waals surface area contributed by atoms with E-state index in [0.29, 0.717) is 22.5 Å². The van der Waals surface area contributed by atoms with Crippen molar-refractivity contribution >= 4 is 17.3 Å². The summed E-state index contributed by atoms with van der Waals surface area (Å²) in [5.74, 6) is 0. The van der Waals surface area contributed by atoms with Gasteiger partial charge in [-0.2, -0.15) is 0 Å². The maximum atomic E-state index is 10.9. The molecule has 1 aliphatic rings. The van der Waals surface area contributed by atoms with Gasteiger partial charge in [-0.1, -0.05) is 18.5 Å². The van der Waals surface area contributed by atoms with Crippen molar-refractivity contribution in [2.45, 2.75) is 26.3 Å². The molecule has 4 nitrogen and oxygen atoms in total. The van der Waals surface area contributed by atoms with E-state index in [2.05, 4.69) is 12.2 Å². The number of rotatable bonds is 5. The van der Waals surface area contributed by atoms with Gasteiger partial charge in [0.15, 0.2) is 0 Å². The van der Waals surface area contributed by atoms with Crippen LogP contribution < -0.4 is 5.32 Å². The minimum Gasteiger partial charge on any atom is -0.312 e. The van der Waals surface area contributed by atoms with Crippen LogP contribution in [0.4, 0.5) is 5.69 Å². The maximum Gasteiger partial charge on any atom is 0.275 e. The summed E-state index contributed by atoms with van der Waals surface area (Å²) in [5.41, 5.74) is 1.18. The van der Waals surface area contributed by atoms with Crippen LogP contribution >= 0.6 is 11.6 Å². The summed E-state index contributed by atoms with van der Waals surface area (Å²) >= 11 is 5.75. The molecule has 0 unspecified atom stereocenters. The lowest BCUT2D eigenvalue weighted by atomic mass is 10.1. The highest BCUT2D eigenvalue weighted by atomic mass is 35.5. The zero-order chi connectivity index (χ0) is 12.5. The molecule has 0 saturated heterocycles. The van der Waals surface area contributed by atoms with Crippen molar-refractivity contribution in [2.24, 2.45) is 5.41 Å². The number of hydrogen-bond acceptors (Lipinski definition) is 3. The Balaban J connectivity index is 2.01. The van der Waals surface area contributed by atoms with Crippen molar-refractivity contribution < 1.29 is 4.92 Å². The number of nitrogens with one attached hydrogen (secondary N) is 1. The Labute approximate surface area is 105 Å². The Morgan fingerprint density at radius 1 is 1.53 bits per heavy atom. The smallest absolute Gasteiger partial charge is 0.275 e. The van der Waals surface area contributed by atoms with Crippen molar-refractivity contribution in [3.63, 3.8) is 0 Å². The van der Waals surface area contributed by atoms with Gasteiger partial charge in [0.1, 0.15) is 0 Å². The van der Waals surface area contributed by atoms with Gasteiger partial charge in [0, 0.05) is 29.7 Å². The summed E-state index contributed by atoms with van der Waals surface area (Å²) in [5, 5.41) is 14.5. The topological polar surface area (TPSA) is 55.2 Å². The highest BCUT2D eigenvalue weighted by Crippen LogP contribution is 2.44. The van der Waals surface area contributed by atoms with Crippen LogP contribution in [-0.2, 0) is 6.54 Å². The van der Waals surface area contributed by atoms with Gasteiger partial charge in [-0.05, 0) is 30.4 Å². The molecule has 0 bridgehead atoms. The third kappa shape index (κ3) is 3.17. The molecule has 0 aliphatic heterocycles. The van der Waals surface area contributed by atoms with Crippen LogP contribution in [0.25, 0.3) is 0 Å². The number of nitrogens with zero attached hydrogens (tertiary/aromatic N) is 1. The van der Waals surface area contributed by atoms with E-state index in [9.17, 15) is 10.1 Å². The first-order chi connectivity index (χ1) is 8.00. The van der Waals surface area contributed by atoms with Crippen LogP contribution in [0.3, 0.4) is 0 Å². The third-order valence-corrected chi connectivity index (χ3v) is 3.45. The molecule has 1 fully saturated rings. The van der Waals surface area contributed by atoms with Crippen molar-refractivity contribution in [3.05, 3.63) is 38.9 Å². The van der Waals surface area contributed by atoms with E-state index < -0.39 is 0 Å². The van der Waals surface area contributed by atoms with Crippen molar-refractivity contribution in [1.29, 1.82) is 0 Å². The first-order valence-corrected chi connectivity index (χ1v) is 6.02. The maximum absolute atomic E-state index is 10.9. The zero-order valence-corrected chi connectivity index (χ0v) is 10.5. The van der Waals surface area contributed by atoms with Crippen LogP contribution in [0.2, 0.25) is 5.02 Å². The molecule has 0 spiro atoms. The van der Waals surface area contributed by atoms with Gasteiger partial charge < -0.3 is 5.32 Å². The molecule has 0 heterocycles. The Hall–Kier alpha value is -1.13. The normalized spacial score (nSPS) is 16.8. The summed E-state index contributed by atoms with van der Waals surface area (Å²) in [4.78, 5) is 10.5. The van der Waals surface area contributed by atoms with Crippen LogP contribution in [-0.4, -0.2) is 11.5 Å². The quantitative estimate of drug-likeness (QED) is 0.649. The Morgan fingerprint density at radius 2 is 2.24 bits per heavy atom. The number of halogens is 1. The van der Waals surface area contributed by atoms with E-state index in [1.165, 1.54) is 18.9 Å². The molecule has 0 amide bonds. The highest BCUT2D eigenvalue weighted by molar-refractivity contribution is 6.30. The Morgan fingerprint density at radius 3 is 2.82 bits per heavy atom. The Kier molecular flexibility index (Phi) is 3.35. The minimum absolute atomic E-state index is 0.0888. The minimum atomic E-state index is -0.387. The van der Waals surface area contributed by atoms with Crippen molar-refractivity contribution in [2.75, 3.05) is 6.54 Å². The van der Waals surface area contributed by atoms with Gasteiger partial charge in [-0.3, -0.25) is 10.1 Å². The van der Waals surface area contributed by atoms with E-state index in [-0.39, 0.29) is 10.6 Å². The van der Waals surface area contributed by atoms with Gasteiger partial charge >= 0.3 is 0 Å². The summed E-state index contributed by atoms with van der Waals surface area (Å²) < 4.78 is 0. The number of nitro benzene ring substituents is 1. The summed E-state index contributed by atoms with van der Waals surface area (Å²) in [6.07, 6.45) is 2.48. The van der Waals surface area contributed by atoms with Crippen LogP contribution in [0.15, 0.2) is 18.2 Å². The van der Waals surface area contributed by atoms with E-state index in [4.69, 9.17) is 11.6 Å². The van der Waals surface area contributed by atoms with Gasteiger partial charge in [0.05, 0.1) is 4.92 Å². The predicted molar refractivity (Wildman–Crippen MR) is 67.2 cm³/mol. The molecule has 0 atom stereocenters. The summed E-state index contributed by atoms with van der Waals surface area (Å²) in [6.45, 7) is 3.64. The molecule has 1 aliphatic carbocycles. The fourth-order valence-corrected chi connectivity index (χ4v) is 1.91. The number of nitro groups is 1. The second-order valence-electron chi connectivity index (χ2n) is 4.94. The molecule has 5 heteroatoms. The lowest BCUT2D eigenvalue weighted by molar-refractivity contribution is -0.385. The lowest BCUT2D eigenvalue weighted by Crippen LogP contribution is -2.21. The third-order valence-electron chi connectivity index (χ3n) is 3.21. The van der Waals surface area contributed by atoms with Crippen LogP contribution in [0.1, 0.15) is 25.3 Å². The molecule has 1 saturated carbocycles. The van der Waals surface area contributed by atoms with E-state index in [1.54, 1.807) is 12.1 Å². The largest absolute Gasteiger partial charge is 0.312 e. The molecule has 0 aromatic heterocycles. The average Bonchev–Trinajstić information content (AvgIpc) is 2.99. The molecule has 0 radical (unpaired) electrons. The second-order valence-corrected chi connectivity index (χ2v) is 5.38. The van der Waals surface area contributed by atoms with Crippen molar-refractivity contribution in [1.82, 2.24) is 5.32 Å². The molecule has 1 aromatic rings. The van der Waals surface area contributed by atoms with Crippen molar-refractivity contribution in [3.8, 4) is 0 Å². The van der Waals surface area contributed by atoms with Crippen LogP contribution in [0, 0.1) is 15.5 Å². The molecule has 1 N–H and O–H groups in total. The highest BCUT2D eigenvalue weighted by Gasteiger charge is 2.36. The van der Waals surface area contributed by atoms with Gasteiger partial charge in [0.25, 0.3) is 5.69 Å². The van der Waals surface area contributed by atoms with Crippen LogP contribution in [0.5, 0.6) is 0 Å². The molecule has 2 rings (SSSR count). The standard InChI is InChI=1S/C12H15ClN2O2/c1-12(4-5-12)8-14-7-9-2-3-10(13)6-11(9)15(16)17/h2-3,6,14H,4-5,7-8H2,1H3. The second kappa shape index (κ2) is 4.63. The predicted octanol–water partition coefficient (Wildman–Crippen LogP) is 3.14. The zero-order valence-electron chi connectivity index (χ0n) is 9.70. The Bertz CT molecular complexity index is 444. The molecule has 92 valence electrons. The molecular formula is C12H15ClN2O2. The number of hydrogen-bond donors (Lipinski definition) is 1. The molecular weight excluding hydrogens is 240 g/mol. The van der Waals surface area contributed by atoms with Gasteiger partial charge in [-0.15, -0.1) is 0 Å². The van der Waals surface area contributed by atoms with E-state index in [1.807, 2.05) is 0 Å². The summed E-state index contributed by atoms with van der Waals surface area (Å²) in [6, 6.07) is 4.80. The monoisotopic (exact) mass is 254 g/mol.